The van der Waals surface area contributed by atoms with Crippen molar-refractivity contribution in [2.75, 3.05) is 13.1 Å². The predicted octanol–water partition coefficient (Wildman–Crippen LogP) is -3.04. The predicted molar refractivity (Wildman–Crippen MR) is 114 cm³/mol. The first-order valence-corrected chi connectivity index (χ1v) is 9.99. The van der Waals surface area contributed by atoms with Crippen molar-refractivity contribution in [1.29, 1.82) is 0 Å². The summed E-state index contributed by atoms with van der Waals surface area (Å²) in [4.78, 5) is 51.8. The molecule has 0 aliphatic heterocycles. The Morgan fingerprint density at radius 1 is 1.03 bits per heavy atom. The van der Waals surface area contributed by atoms with Crippen LogP contribution in [0.2, 0.25) is 0 Å². The zero-order valence-electron chi connectivity index (χ0n) is 18.1. The summed E-state index contributed by atoms with van der Waals surface area (Å²) >= 11 is 0. The average molecular weight is 446 g/mol. The van der Waals surface area contributed by atoms with Crippen LogP contribution in [0.25, 0.3) is 0 Å². The van der Waals surface area contributed by atoms with Gasteiger partial charge in [-0.15, -0.1) is 0 Å². The number of rotatable bonds is 14. The van der Waals surface area contributed by atoms with Crippen molar-refractivity contribution in [2.45, 2.75) is 64.3 Å². The lowest BCUT2D eigenvalue weighted by molar-refractivity contribution is -0.139. The van der Waals surface area contributed by atoms with Crippen LogP contribution in [0.3, 0.4) is 0 Å². The summed E-state index contributed by atoms with van der Waals surface area (Å²) in [6.45, 7) is 4.48. The molecule has 0 heterocycles. The zero-order chi connectivity index (χ0) is 24.1. The fraction of sp³-hybridized carbons (Fsp3) is 0.722. The Morgan fingerprint density at radius 3 is 2.13 bits per heavy atom. The maximum atomic E-state index is 12.7. The third-order valence-corrected chi connectivity index (χ3v) is 4.61. The van der Waals surface area contributed by atoms with E-state index in [0.717, 1.165) is 0 Å². The van der Waals surface area contributed by atoms with Crippen LogP contribution in [0.5, 0.6) is 0 Å². The van der Waals surface area contributed by atoms with Crippen LogP contribution in [0.15, 0.2) is 4.99 Å². The molecule has 13 heteroatoms. The summed E-state index contributed by atoms with van der Waals surface area (Å²) in [5, 5.41) is 25.7. The number of carbonyl (C=O) groups is 4. The second-order valence-electron chi connectivity index (χ2n) is 7.26. The Labute approximate surface area is 181 Å². The number of hydrogen-bond donors (Lipinski definition) is 8. The lowest BCUT2D eigenvalue weighted by Gasteiger charge is -2.26. The molecule has 0 aromatic carbocycles. The average Bonchev–Trinajstić information content (AvgIpc) is 2.70. The first kappa shape index (κ1) is 28.1. The number of nitrogens with zero attached hydrogens (tertiary/aromatic N) is 1. The van der Waals surface area contributed by atoms with E-state index in [4.69, 9.17) is 22.3 Å². The van der Waals surface area contributed by atoms with E-state index in [-0.39, 0.29) is 24.8 Å². The molecule has 0 aliphatic carbocycles. The van der Waals surface area contributed by atoms with Crippen molar-refractivity contribution in [1.82, 2.24) is 16.0 Å². The molecule has 0 aromatic heterocycles. The van der Waals surface area contributed by atoms with E-state index in [2.05, 4.69) is 20.9 Å². The Balaban J connectivity index is 5.27. The second-order valence-corrected chi connectivity index (χ2v) is 7.26. The maximum absolute atomic E-state index is 12.7. The van der Waals surface area contributed by atoms with Crippen molar-refractivity contribution in [3.8, 4) is 0 Å². The number of carboxylic acids is 1. The molecule has 5 unspecified atom stereocenters. The van der Waals surface area contributed by atoms with Gasteiger partial charge in [-0.1, -0.05) is 20.3 Å². The van der Waals surface area contributed by atoms with Crippen LogP contribution in [0.1, 0.15) is 40.0 Å². The molecule has 0 spiro atoms. The molecule has 0 saturated heterocycles. The van der Waals surface area contributed by atoms with E-state index in [1.165, 1.54) is 6.92 Å². The smallest absolute Gasteiger partial charge is 0.322 e. The second kappa shape index (κ2) is 14.1. The van der Waals surface area contributed by atoms with E-state index >= 15 is 0 Å². The van der Waals surface area contributed by atoms with Gasteiger partial charge in [-0.25, -0.2) is 0 Å². The number of hydrogen-bond acceptors (Lipinski definition) is 7. The molecule has 0 aromatic rings. The number of nitrogens with two attached hydrogens (primary N) is 3. The summed E-state index contributed by atoms with van der Waals surface area (Å²) in [6, 6.07) is -3.38. The van der Waals surface area contributed by atoms with Gasteiger partial charge in [-0.2, -0.15) is 0 Å². The highest BCUT2D eigenvalue weighted by atomic mass is 16.4. The lowest BCUT2D eigenvalue weighted by Crippen LogP contribution is -2.59. The molecular formula is C18H35N7O6. The zero-order valence-corrected chi connectivity index (χ0v) is 18.1. The number of aliphatic carboxylic acids is 1. The molecule has 31 heavy (non-hydrogen) atoms. The first-order chi connectivity index (χ1) is 14.4. The highest BCUT2D eigenvalue weighted by Gasteiger charge is 2.31. The number of carbonyl (C=O) groups excluding carboxylic acids is 3. The number of aliphatic hydroxyl groups is 1. The molecule has 0 fully saturated rings. The van der Waals surface area contributed by atoms with Crippen LogP contribution in [-0.2, 0) is 19.2 Å². The molecule has 11 N–H and O–H groups in total. The number of nitrogens with one attached hydrogen (secondary N) is 3. The quantitative estimate of drug-likeness (QED) is 0.0769. The Morgan fingerprint density at radius 2 is 1.65 bits per heavy atom. The largest absolute Gasteiger partial charge is 0.480 e. The number of aliphatic imine (C=N–C) groups is 1. The van der Waals surface area contributed by atoms with Crippen molar-refractivity contribution in [3.05, 3.63) is 0 Å². The number of carboxylic acid groups (broad SMARTS) is 1. The summed E-state index contributed by atoms with van der Waals surface area (Å²) in [7, 11) is 0. The normalized spacial score (nSPS) is 15.5. The van der Waals surface area contributed by atoms with Gasteiger partial charge in [0.15, 0.2) is 5.96 Å². The Hall–Kier alpha value is -2.93. The van der Waals surface area contributed by atoms with Gasteiger partial charge in [0.25, 0.3) is 0 Å². The molecule has 13 nitrogen and oxygen atoms in total. The minimum Gasteiger partial charge on any atom is -0.480 e. The van der Waals surface area contributed by atoms with E-state index in [1.807, 2.05) is 6.92 Å². The molecule has 0 aliphatic rings. The Kier molecular flexibility index (Phi) is 12.8. The van der Waals surface area contributed by atoms with Crippen molar-refractivity contribution in [3.63, 3.8) is 0 Å². The number of aliphatic hydroxyl groups excluding tert-OH is 1. The van der Waals surface area contributed by atoms with Gasteiger partial charge >= 0.3 is 5.97 Å². The third-order valence-electron chi connectivity index (χ3n) is 4.61. The van der Waals surface area contributed by atoms with Gasteiger partial charge in [0, 0.05) is 6.54 Å². The molecular weight excluding hydrogens is 410 g/mol. The number of amides is 3. The molecule has 178 valence electrons. The van der Waals surface area contributed by atoms with Crippen LogP contribution in [0.4, 0.5) is 0 Å². The number of guanidine groups is 1. The summed E-state index contributed by atoms with van der Waals surface area (Å²) in [6.07, 6.45) is -0.256. The maximum Gasteiger partial charge on any atom is 0.322 e. The fourth-order valence-corrected chi connectivity index (χ4v) is 2.49. The standard InChI is InChI=1S/C18H35N7O6/c1-4-9(2)13(19)16(30)25-14(10(3)26)17(31)24-11(6-5-7-22-18(20)21)15(29)23-8-12(27)28/h9-11,13-14,26H,4-8,19H2,1-3H3,(H,23,29)(H,24,31)(H,25,30)(H,27,28)(H4,20,21,22). The van der Waals surface area contributed by atoms with E-state index in [1.54, 1.807) is 6.92 Å². The van der Waals surface area contributed by atoms with Crippen LogP contribution in [-0.4, -0.2) is 77.2 Å². The minimum atomic E-state index is -1.37. The van der Waals surface area contributed by atoms with Gasteiger partial charge in [-0.05, 0) is 25.7 Å². The molecule has 0 rings (SSSR count). The molecule has 0 saturated carbocycles. The van der Waals surface area contributed by atoms with Crippen molar-refractivity contribution in [2.24, 2.45) is 28.1 Å². The topological polar surface area (TPSA) is 235 Å². The third kappa shape index (κ3) is 11.1. The molecule has 5 atom stereocenters. The molecule has 0 radical (unpaired) electrons. The highest BCUT2D eigenvalue weighted by molar-refractivity contribution is 5.94. The van der Waals surface area contributed by atoms with Gasteiger partial charge in [0.2, 0.25) is 17.7 Å². The van der Waals surface area contributed by atoms with Gasteiger partial charge in [0.1, 0.15) is 18.6 Å². The Bertz CT molecular complexity index is 651. The van der Waals surface area contributed by atoms with Crippen LogP contribution < -0.4 is 33.2 Å². The van der Waals surface area contributed by atoms with E-state index in [9.17, 15) is 24.3 Å². The fourth-order valence-electron chi connectivity index (χ4n) is 2.49. The van der Waals surface area contributed by atoms with Crippen LogP contribution in [0, 0.1) is 5.92 Å². The SMILES string of the molecule is CCC(C)C(N)C(=O)NC(C(=O)NC(CCCN=C(N)N)C(=O)NCC(=O)O)C(C)O. The molecule has 0 bridgehead atoms. The summed E-state index contributed by atoms with van der Waals surface area (Å²) in [5.74, 6) is -3.72. The highest BCUT2D eigenvalue weighted by Crippen LogP contribution is 2.07. The monoisotopic (exact) mass is 445 g/mol. The van der Waals surface area contributed by atoms with Gasteiger partial charge in [-0.3, -0.25) is 24.2 Å². The minimum absolute atomic E-state index is 0.0842. The van der Waals surface area contributed by atoms with Gasteiger partial charge in [0.05, 0.1) is 12.1 Å². The van der Waals surface area contributed by atoms with Crippen molar-refractivity contribution < 1.29 is 29.4 Å². The summed E-state index contributed by atoms with van der Waals surface area (Å²) in [5.41, 5.74) is 16.3. The van der Waals surface area contributed by atoms with E-state index < -0.39 is 54.5 Å². The van der Waals surface area contributed by atoms with Crippen LogP contribution >= 0.6 is 0 Å². The van der Waals surface area contributed by atoms with Crippen molar-refractivity contribution >= 4 is 29.7 Å². The van der Waals surface area contributed by atoms with E-state index in [0.29, 0.717) is 12.8 Å². The lowest BCUT2D eigenvalue weighted by atomic mass is 9.98. The summed E-state index contributed by atoms with van der Waals surface area (Å²) < 4.78 is 0. The first-order valence-electron chi connectivity index (χ1n) is 9.99. The van der Waals surface area contributed by atoms with Gasteiger partial charge < -0.3 is 43.4 Å². The molecule has 3 amide bonds.